The van der Waals surface area contributed by atoms with Crippen LogP contribution in [0.3, 0.4) is 0 Å². The summed E-state index contributed by atoms with van der Waals surface area (Å²) in [5.41, 5.74) is 2.91. The van der Waals surface area contributed by atoms with E-state index in [0.717, 1.165) is 23.5 Å². The first-order chi connectivity index (χ1) is 14.5. The number of piperazine rings is 1. The molecular formula is C21H37N5O4S. The van der Waals surface area contributed by atoms with Crippen LogP contribution in [0.1, 0.15) is 44.6 Å². The van der Waals surface area contributed by atoms with E-state index >= 15 is 0 Å². The molecular weight excluding hydrogens is 418 g/mol. The average Bonchev–Trinajstić information content (AvgIpc) is 2.94. The summed E-state index contributed by atoms with van der Waals surface area (Å²) in [4.78, 5) is 14.7. The monoisotopic (exact) mass is 455 g/mol. The number of aromatic nitrogens is 2. The molecule has 0 N–H and O–H groups in total. The van der Waals surface area contributed by atoms with E-state index in [-0.39, 0.29) is 18.1 Å². The number of hydrogen-bond donors (Lipinski definition) is 0. The zero-order valence-electron chi connectivity index (χ0n) is 19.7. The molecule has 2 saturated heterocycles. The van der Waals surface area contributed by atoms with Crippen molar-refractivity contribution in [1.82, 2.24) is 23.3 Å². The molecule has 10 heteroatoms. The van der Waals surface area contributed by atoms with Gasteiger partial charge in [0.2, 0.25) is 5.91 Å². The summed E-state index contributed by atoms with van der Waals surface area (Å²) in [6.45, 7) is 15.0. The van der Waals surface area contributed by atoms with Gasteiger partial charge in [-0.1, -0.05) is 13.8 Å². The summed E-state index contributed by atoms with van der Waals surface area (Å²) < 4.78 is 36.8. The molecule has 0 spiro atoms. The Morgan fingerprint density at radius 1 is 1.06 bits per heavy atom. The van der Waals surface area contributed by atoms with Crippen LogP contribution in [0.4, 0.5) is 0 Å². The molecule has 3 rings (SSSR count). The van der Waals surface area contributed by atoms with Crippen molar-refractivity contribution in [3.05, 3.63) is 17.0 Å². The lowest BCUT2D eigenvalue weighted by Gasteiger charge is -2.40. The van der Waals surface area contributed by atoms with Crippen molar-refractivity contribution in [2.24, 2.45) is 5.92 Å². The number of morpholine rings is 1. The van der Waals surface area contributed by atoms with Crippen molar-refractivity contribution < 1.29 is 17.9 Å². The second-order valence-corrected chi connectivity index (χ2v) is 11.2. The van der Waals surface area contributed by atoms with Gasteiger partial charge in [0.25, 0.3) is 10.2 Å². The summed E-state index contributed by atoms with van der Waals surface area (Å²) in [5, 5.41) is 4.60. The minimum Gasteiger partial charge on any atom is -0.373 e. The predicted molar refractivity (Wildman–Crippen MR) is 119 cm³/mol. The van der Waals surface area contributed by atoms with E-state index < -0.39 is 10.2 Å². The van der Waals surface area contributed by atoms with Gasteiger partial charge in [-0.2, -0.15) is 22.1 Å². The number of amides is 1. The molecule has 0 saturated carbocycles. The molecule has 2 aliphatic heterocycles. The lowest BCUT2D eigenvalue weighted by atomic mass is 10.1. The zero-order valence-corrected chi connectivity index (χ0v) is 20.5. The topological polar surface area (TPSA) is 88.0 Å². The molecule has 0 bridgehead atoms. The smallest absolute Gasteiger partial charge is 0.282 e. The van der Waals surface area contributed by atoms with Crippen LogP contribution in [0.25, 0.3) is 0 Å². The largest absolute Gasteiger partial charge is 0.373 e. The van der Waals surface area contributed by atoms with Crippen molar-refractivity contribution >= 4 is 16.1 Å². The number of aryl methyl sites for hydroxylation is 1. The van der Waals surface area contributed by atoms with Crippen molar-refractivity contribution in [2.75, 3.05) is 39.3 Å². The normalized spacial score (nSPS) is 24.2. The highest BCUT2D eigenvalue weighted by molar-refractivity contribution is 7.86. The van der Waals surface area contributed by atoms with E-state index in [1.165, 1.54) is 8.61 Å². The van der Waals surface area contributed by atoms with Gasteiger partial charge >= 0.3 is 0 Å². The molecule has 176 valence electrons. The zero-order chi connectivity index (χ0) is 22.9. The van der Waals surface area contributed by atoms with E-state index in [4.69, 9.17) is 4.74 Å². The number of carbonyl (C=O) groups excluding carboxylic acids is 1. The average molecular weight is 456 g/mol. The van der Waals surface area contributed by atoms with Crippen LogP contribution in [-0.2, 0) is 32.7 Å². The van der Waals surface area contributed by atoms with E-state index in [1.54, 1.807) is 4.90 Å². The van der Waals surface area contributed by atoms with Gasteiger partial charge in [0.15, 0.2) is 0 Å². The number of ether oxygens (including phenoxy) is 1. The van der Waals surface area contributed by atoms with E-state index in [2.05, 4.69) is 18.9 Å². The number of carbonyl (C=O) groups is 1. The third-order valence-corrected chi connectivity index (χ3v) is 8.00. The third-order valence-electron chi connectivity index (χ3n) is 6.03. The molecule has 1 aromatic rings. The highest BCUT2D eigenvalue weighted by Gasteiger charge is 2.37. The number of rotatable bonds is 6. The molecule has 2 unspecified atom stereocenters. The molecule has 1 amide bonds. The van der Waals surface area contributed by atoms with Gasteiger partial charge in [0, 0.05) is 57.1 Å². The Balaban J connectivity index is 1.60. The summed E-state index contributed by atoms with van der Waals surface area (Å²) in [5.74, 6) is 0.509. The Morgan fingerprint density at radius 2 is 1.65 bits per heavy atom. The lowest BCUT2D eigenvalue weighted by molar-refractivity contribution is -0.131. The first kappa shape index (κ1) is 24.2. The Kier molecular flexibility index (Phi) is 7.45. The Morgan fingerprint density at radius 3 is 2.19 bits per heavy atom. The van der Waals surface area contributed by atoms with Gasteiger partial charge < -0.3 is 9.64 Å². The molecule has 0 aliphatic carbocycles. The quantitative estimate of drug-likeness (QED) is 0.643. The van der Waals surface area contributed by atoms with Crippen LogP contribution in [-0.4, -0.2) is 89.1 Å². The van der Waals surface area contributed by atoms with Gasteiger partial charge in [-0.25, -0.2) is 0 Å². The van der Waals surface area contributed by atoms with Gasteiger partial charge in [0.1, 0.15) is 0 Å². The van der Waals surface area contributed by atoms with Gasteiger partial charge in [-0.15, -0.1) is 0 Å². The van der Waals surface area contributed by atoms with Crippen molar-refractivity contribution in [3.63, 3.8) is 0 Å². The first-order valence-electron chi connectivity index (χ1n) is 11.2. The molecule has 0 aromatic carbocycles. The van der Waals surface area contributed by atoms with Crippen LogP contribution in [0.2, 0.25) is 0 Å². The van der Waals surface area contributed by atoms with Gasteiger partial charge in [-0.3, -0.25) is 9.48 Å². The summed E-state index contributed by atoms with van der Waals surface area (Å²) >= 11 is 0. The van der Waals surface area contributed by atoms with Crippen LogP contribution in [0.5, 0.6) is 0 Å². The maximum Gasteiger partial charge on any atom is 0.282 e. The molecule has 2 fully saturated rings. The lowest BCUT2D eigenvalue weighted by Crippen LogP contribution is -2.57. The minimum atomic E-state index is -3.55. The SMILES string of the molecule is Cc1nn(CC(C)C)c(C)c1CC(=O)N1CCN(S(=O)(=O)N2CC(C)OC(C)C2)CC1. The second kappa shape index (κ2) is 9.56. The highest BCUT2D eigenvalue weighted by atomic mass is 32.2. The Bertz CT molecular complexity index is 880. The maximum absolute atomic E-state index is 13.1. The Labute approximate surface area is 186 Å². The van der Waals surface area contributed by atoms with Crippen molar-refractivity contribution in [2.45, 2.75) is 66.7 Å². The standard InChI is InChI=1S/C21H37N5O4S/c1-15(2)12-26-19(6)20(18(5)22-26)11-21(27)23-7-9-24(10-8-23)31(28,29)25-13-16(3)30-17(4)14-25/h15-17H,7-14H2,1-6H3. The maximum atomic E-state index is 13.1. The summed E-state index contributed by atoms with van der Waals surface area (Å²) in [6.07, 6.45) is 0.0649. The molecule has 2 atom stereocenters. The predicted octanol–water partition coefficient (Wildman–Crippen LogP) is 1.20. The molecule has 1 aromatic heterocycles. The fourth-order valence-corrected chi connectivity index (χ4v) is 6.18. The van der Waals surface area contributed by atoms with E-state index in [0.29, 0.717) is 51.6 Å². The number of hydrogen-bond acceptors (Lipinski definition) is 5. The minimum absolute atomic E-state index is 0.0287. The molecule has 3 heterocycles. The van der Waals surface area contributed by atoms with Crippen molar-refractivity contribution in [1.29, 1.82) is 0 Å². The highest BCUT2D eigenvalue weighted by Crippen LogP contribution is 2.20. The summed E-state index contributed by atoms with van der Waals surface area (Å²) in [7, 11) is -3.55. The molecule has 0 radical (unpaired) electrons. The van der Waals surface area contributed by atoms with Crippen LogP contribution < -0.4 is 0 Å². The van der Waals surface area contributed by atoms with Crippen LogP contribution in [0.15, 0.2) is 0 Å². The molecule has 2 aliphatic rings. The Hall–Kier alpha value is -1.49. The fourth-order valence-electron chi connectivity index (χ4n) is 4.43. The van der Waals surface area contributed by atoms with E-state index in [9.17, 15) is 13.2 Å². The first-order valence-corrected chi connectivity index (χ1v) is 12.6. The van der Waals surface area contributed by atoms with Crippen LogP contribution in [0, 0.1) is 19.8 Å². The fraction of sp³-hybridized carbons (Fsp3) is 0.810. The van der Waals surface area contributed by atoms with Crippen molar-refractivity contribution in [3.8, 4) is 0 Å². The summed E-state index contributed by atoms with van der Waals surface area (Å²) in [6, 6.07) is 0. The molecule has 31 heavy (non-hydrogen) atoms. The third kappa shape index (κ3) is 5.47. The molecule has 9 nitrogen and oxygen atoms in total. The second-order valence-electron chi connectivity index (χ2n) is 9.26. The van der Waals surface area contributed by atoms with Crippen LogP contribution >= 0.6 is 0 Å². The van der Waals surface area contributed by atoms with Gasteiger partial charge in [-0.05, 0) is 33.6 Å². The number of nitrogens with zero attached hydrogens (tertiary/aromatic N) is 5. The van der Waals surface area contributed by atoms with Gasteiger partial charge in [0.05, 0.1) is 24.3 Å². The van der Waals surface area contributed by atoms with E-state index in [1.807, 2.05) is 32.4 Å².